The summed E-state index contributed by atoms with van der Waals surface area (Å²) in [7, 11) is 1.46. The Balaban J connectivity index is 2.04. The molecule has 7 heteroatoms. The minimum Gasteiger partial charge on any atom is -0.354 e. The lowest BCUT2D eigenvalue weighted by atomic mass is 10.1. The van der Waals surface area contributed by atoms with Crippen LogP contribution >= 0.6 is 23.4 Å². The summed E-state index contributed by atoms with van der Waals surface area (Å²) in [6.45, 7) is 2.00. The number of anilines is 1. The fourth-order valence-electron chi connectivity index (χ4n) is 2.99. The highest BCUT2D eigenvalue weighted by Crippen LogP contribution is 2.42. The van der Waals surface area contributed by atoms with Gasteiger partial charge in [0.15, 0.2) is 0 Å². The van der Waals surface area contributed by atoms with E-state index < -0.39 is 11.2 Å². The van der Waals surface area contributed by atoms with Gasteiger partial charge >= 0.3 is 0 Å². The van der Waals surface area contributed by atoms with Gasteiger partial charge in [0.2, 0.25) is 5.91 Å². The normalized spacial score (nSPS) is 18.0. The molecule has 2 amide bonds. The number of hydrogen-bond acceptors (Lipinski definition) is 4. The Hall–Kier alpha value is -2.75. The summed E-state index contributed by atoms with van der Waals surface area (Å²) in [4.78, 5) is 26.9. The number of benzene rings is 2. The summed E-state index contributed by atoms with van der Waals surface area (Å²) >= 11 is 7.21. The van der Waals surface area contributed by atoms with Crippen LogP contribution in [0.5, 0.6) is 0 Å². The second-order valence-corrected chi connectivity index (χ2v) is 7.95. The Labute approximate surface area is 173 Å². The fourth-order valence-corrected chi connectivity index (χ4v) is 4.42. The van der Waals surface area contributed by atoms with Gasteiger partial charge < -0.3 is 5.32 Å². The summed E-state index contributed by atoms with van der Waals surface area (Å²) in [6, 6.07) is 16.7. The summed E-state index contributed by atoms with van der Waals surface area (Å²) < 4.78 is 0. The van der Waals surface area contributed by atoms with E-state index in [2.05, 4.69) is 5.32 Å². The predicted octanol–water partition coefficient (Wildman–Crippen LogP) is 3.82. The fraction of sp³-hybridized carbons (Fsp3) is 0.190. The Kier molecular flexibility index (Phi) is 6.08. The number of nitrogens with zero attached hydrogens (tertiary/aromatic N) is 2. The number of thioether (sulfide) groups is 1. The first kappa shape index (κ1) is 20.0. The van der Waals surface area contributed by atoms with Gasteiger partial charge in [0.1, 0.15) is 16.7 Å². The number of likely N-dealkylation sites (N-methyl/N-ethyl adjacent to an activating group) is 1. The van der Waals surface area contributed by atoms with Crippen LogP contribution in [0.1, 0.15) is 11.1 Å². The summed E-state index contributed by atoms with van der Waals surface area (Å²) in [6.07, 6.45) is 0.505. The molecule has 1 fully saturated rings. The molecule has 142 valence electrons. The molecule has 5 nitrogen and oxygen atoms in total. The number of hydrogen-bond donors (Lipinski definition) is 1. The third kappa shape index (κ3) is 4.06. The standard InChI is InChI=1S/C21H18ClN3O2S/c1-13-4-3-5-14(10-13)11-18-20(27)25(16-8-6-15(22)7-9-16)21(28-18)17(12-23)19(26)24-2/h3-10,18H,11H2,1-2H3,(H,24,26)/b21-17+/t18-/m1/s1. The summed E-state index contributed by atoms with van der Waals surface area (Å²) in [5.41, 5.74) is 2.63. The molecule has 0 radical (unpaired) electrons. The Morgan fingerprint density at radius 2 is 2.00 bits per heavy atom. The highest BCUT2D eigenvalue weighted by atomic mass is 35.5. The van der Waals surface area contributed by atoms with Crippen LogP contribution in [0.2, 0.25) is 5.02 Å². The van der Waals surface area contributed by atoms with Crippen molar-refractivity contribution in [1.29, 1.82) is 5.26 Å². The van der Waals surface area contributed by atoms with Gasteiger partial charge in [-0.3, -0.25) is 14.5 Å². The molecule has 0 saturated carbocycles. The SMILES string of the molecule is CNC(=O)/C(C#N)=C1/S[C@H](Cc2cccc(C)c2)C(=O)N1c1ccc(Cl)cc1. The van der Waals surface area contributed by atoms with Crippen molar-refractivity contribution in [3.63, 3.8) is 0 Å². The zero-order valence-corrected chi connectivity index (χ0v) is 17.0. The minimum absolute atomic E-state index is 0.0810. The van der Waals surface area contributed by atoms with Gasteiger partial charge in [-0.25, -0.2) is 0 Å². The van der Waals surface area contributed by atoms with Crippen molar-refractivity contribution < 1.29 is 9.59 Å². The predicted molar refractivity (Wildman–Crippen MR) is 112 cm³/mol. The van der Waals surface area contributed by atoms with E-state index in [1.807, 2.05) is 37.3 Å². The monoisotopic (exact) mass is 411 g/mol. The van der Waals surface area contributed by atoms with E-state index in [1.54, 1.807) is 24.3 Å². The second-order valence-electron chi connectivity index (χ2n) is 6.32. The average molecular weight is 412 g/mol. The summed E-state index contributed by atoms with van der Waals surface area (Å²) in [5, 5.41) is 12.5. The summed E-state index contributed by atoms with van der Waals surface area (Å²) in [5.74, 6) is -0.687. The van der Waals surface area contributed by atoms with Crippen LogP contribution < -0.4 is 10.2 Å². The molecule has 0 bridgehead atoms. The molecule has 0 aliphatic carbocycles. The third-order valence-electron chi connectivity index (χ3n) is 4.32. The molecule has 0 spiro atoms. The maximum absolute atomic E-state index is 13.2. The smallest absolute Gasteiger partial charge is 0.264 e. The molecule has 3 rings (SSSR count). The number of nitriles is 1. The van der Waals surface area contributed by atoms with Crippen LogP contribution in [-0.2, 0) is 16.0 Å². The van der Waals surface area contributed by atoms with Crippen molar-refractivity contribution in [3.05, 3.63) is 75.3 Å². The molecular formula is C21H18ClN3O2S. The topological polar surface area (TPSA) is 73.2 Å². The van der Waals surface area contributed by atoms with E-state index in [4.69, 9.17) is 11.6 Å². The molecule has 1 N–H and O–H groups in total. The maximum Gasteiger partial charge on any atom is 0.264 e. The highest BCUT2D eigenvalue weighted by molar-refractivity contribution is 8.05. The molecular weight excluding hydrogens is 394 g/mol. The number of amides is 2. The lowest BCUT2D eigenvalue weighted by Gasteiger charge is -2.18. The highest BCUT2D eigenvalue weighted by Gasteiger charge is 2.40. The molecule has 0 unspecified atom stereocenters. The molecule has 1 aliphatic rings. The Morgan fingerprint density at radius 3 is 2.61 bits per heavy atom. The van der Waals surface area contributed by atoms with Gasteiger partial charge in [-0.1, -0.05) is 53.2 Å². The molecule has 1 saturated heterocycles. The second kappa shape index (κ2) is 8.51. The lowest BCUT2D eigenvalue weighted by molar-refractivity contribution is -0.117. The first-order valence-electron chi connectivity index (χ1n) is 8.62. The van der Waals surface area contributed by atoms with Crippen LogP contribution in [0.15, 0.2) is 59.1 Å². The number of nitrogens with one attached hydrogen (secondary N) is 1. The van der Waals surface area contributed by atoms with Crippen molar-refractivity contribution in [1.82, 2.24) is 5.32 Å². The van der Waals surface area contributed by atoms with E-state index >= 15 is 0 Å². The molecule has 1 aliphatic heterocycles. The van der Waals surface area contributed by atoms with Crippen LogP contribution in [0.4, 0.5) is 5.69 Å². The van der Waals surface area contributed by atoms with Gasteiger partial charge in [-0.2, -0.15) is 5.26 Å². The van der Waals surface area contributed by atoms with Gasteiger partial charge in [0.05, 0.1) is 5.25 Å². The molecule has 2 aromatic rings. The van der Waals surface area contributed by atoms with Crippen LogP contribution in [-0.4, -0.2) is 24.1 Å². The van der Waals surface area contributed by atoms with Crippen LogP contribution in [0.25, 0.3) is 0 Å². The quantitative estimate of drug-likeness (QED) is 0.613. The number of carbonyl (C=O) groups excluding carboxylic acids is 2. The molecule has 2 aromatic carbocycles. The van der Waals surface area contributed by atoms with Crippen molar-refractivity contribution >= 4 is 40.9 Å². The van der Waals surface area contributed by atoms with E-state index in [0.717, 1.165) is 11.1 Å². The number of aryl methyl sites for hydroxylation is 1. The van der Waals surface area contributed by atoms with Crippen molar-refractivity contribution in [2.24, 2.45) is 0 Å². The Bertz CT molecular complexity index is 995. The first-order valence-corrected chi connectivity index (χ1v) is 9.88. The van der Waals surface area contributed by atoms with Gasteiger partial charge in [-0.05, 0) is 43.2 Å². The van der Waals surface area contributed by atoms with Gasteiger partial charge in [0.25, 0.3) is 5.91 Å². The first-order chi connectivity index (χ1) is 13.4. The van der Waals surface area contributed by atoms with Gasteiger partial charge in [-0.15, -0.1) is 0 Å². The molecule has 28 heavy (non-hydrogen) atoms. The van der Waals surface area contributed by atoms with Crippen LogP contribution in [0.3, 0.4) is 0 Å². The maximum atomic E-state index is 13.2. The zero-order chi connectivity index (χ0) is 20.3. The van der Waals surface area contributed by atoms with Crippen molar-refractivity contribution in [2.45, 2.75) is 18.6 Å². The van der Waals surface area contributed by atoms with Crippen LogP contribution in [0, 0.1) is 18.3 Å². The molecule has 1 atom stereocenters. The van der Waals surface area contributed by atoms with Crippen molar-refractivity contribution in [2.75, 3.05) is 11.9 Å². The van der Waals surface area contributed by atoms with E-state index in [0.29, 0.717) is 22.2 Å². The van der Waals surface area contributed by atoms with E-state index in [1.165, 1.54) is 23.7 Å². The minimum atomic E-state index is -0.520. The molecule has 1 heterocycles. The van der Waals surface area contributed by atoms with E-state index in [-0.39, 0.29) is 11.5 Å². The largest absolute Gasteiger partial charge is 0.354 e. The van der Waals surface area contributed by atoms with E-state index in [9.17, 15) is 14.9 Å². The number of carbonyl (C=O) groups is 2. The Morgan fingerprint density at radius 1 is 1.29 bits per heavy atom. The molecule has 0 aromatic heterocycles. The lowest BCUT2D eigenvalue weighted by Crippen LogP contribution is -2.31. The van der Waals surface area contributed by atoms with Crippen molar-refractivity contribution in [3.8, 4) is 6.07 Å². The third-order valence-corrected chi connectivity index (χ3v) is 5.84. The number of rotatable bonds is 4. The number of halogens is 1. The average Bonchev–Trinajstić information content (AvgIpc) is 2.99. The van der Waals surface area contributed by atoms with Gasteiger partial charge in [0, 0.05) is 17.8 Å². The zero-order valence-electron chi connectivity index (χ0n) is 15.4.